The average molecular weight is 373 g/mol. The largest absolute Gasteiger partial charge is 0.319 e. The van der Waals surface area contributed by atoms with Gasteiger partial charge in [-0.25, -0.2) is 9.97 Å². The number of anilines is 1. The number of carbonyl (C=O) groups excluding carboxylic acids is 1. The van der Waals surface area contributed by atoms with Crippen LogP contribution in [-0.2, 0) is 0 Å². The molecule has 128 valence electrons. The normalized spacial score (nSPS) is 10.7. The van der Waals surface area contributed by atoms with Crippen LogP contribution in [-0.4, -0.2) is 26.7 Å². The number of benzene rings is 1. The van der Waals surface area contributed by atoms with Crippen LogP contribution in [0.25, 0.3) is 5.69 Å². The number of carbonyl (C=O) groups is 1. The molecule has 0 bridgehead atoms. The second-order valence-electron chi connectivity index (χ2n) is 5.53. The van der Waals surface area contributed by atoms with E-state index in [1.54, 1.807) is 24.0 Å². The van der Waals surface area contributed by atoms with Crippen LogP contribution in [0.15, 0.2) is 47.9 Å². The molecule has 25 heavy (non-hydrogen) atoms. The molecule has 0 fully saturated rings. The predicted molar refractivity (Wildman–Crippen MR) is 102 cm³/mol. The molecule has 0 atom stereocenters. The molecule has 0 saturated carbocycles. The lowest BCUT2D eigenvalue weighted by Crippen LogP contribution is -2.14. The highest BCUT2D eigenvalue weighted by Crippen LogP contribution is 2.25. The third-order valence-electron chi connectivity index (χ3n) is 3.71. The van der Waals surface area contributed by atoms with Crippen LogP contribution in [0, 0.1) is 13.8 Å². The number of hydrogen-bond donors (Lipinski definition) is 1. The number of aryl methyl sites for hydroxylation is 2. The Kier molecular flexibility index (Phi) is 5.11. The molecule has 7 heteroatoms. The number of pyridine rings is 1. The summed E-state index contributed by atoms with van der Waals surface area (Å²) in [7, 11) is 0. The van der Waals surface area contributed by atoms with Gasteiger partial charge >= 0.3 is 0 Å². The average Bonchev–Trinajstić information content (AvgIpc) is 3.06. The highest BCUT2D eigenvalue weighted by Gasteiger charge is 2.13. The van der Waals surface area contributed by atoms with Crippen LogP contribution in [0.4, 0.5) is 5.69 Å². The smallest absolute Gasteiger partial charge is 0.255 e. The molecule has 1 aromatic carbocycles. The zero-order valence-electron chi connectivity index (χ0n) is 14.1. The minimum absolute atomic E-state index is 0.233. The van der Waals surface area contributed by atoms with Gasteiger partial charge in [-0.1, -0.05) is 29.4 Å². The van der Waals surface area contributed by atoms with E-state index in [1.165, 1.54) is 0 Å². The van der Waals surface area contributed by atoms with Crippen LogP contribution < -0.4 is 5.32 Å². The van der Waals surface area contributed by atoms with Crippen LogP contribution in [0.1, 0.15) is 21.6 Å². The molecule has 0 spiro atoms. The molecule has 2 aromatic heterocycles. The zero-order valence-corrected chi connectivity index (χ0v) is 15.6. The molecule has 2 heterocycles. The van der Waals surface area contributed by atoms with Gasteiger partial charge in [0, 0.05) is 29.3 Å². The Balaban J connectivity index is 1.90. The van der Waals surface area contributed by atoms with E-state index in [4.69, 9.17) is 11.6 Å². The van der Waals surface area contributed by atoms with Crippen molar-refractivity contribution in [1.82, 2.24) is 14.5 Å². The summed E-state index contributed by atoms with van der Waals surface area (Å²) in [6.45, 7) is 3.76. The number of nitrogens with one attached hydrogen (secondary N) is 1. The second-order valence-corrected chi connectivity index (χ2v) is 6.67. The van der Waals surface area contributed by atoms with Crippen molar-refractivity contribution in [2.45, 2.75) is 19.0 Å². The van der Waals surface area contributed by atoms with Crippen molar-refractivity contribution in [3.63, 3.8) is 0 Å². The molecule has 1 N–H and O–H groups in total. The number of imidazole rings is 1. The molecule has 0 aliphatic rings. The van der Waals surface area contributed by atoms with Gasteiger partial charge in [-0.2, -0.15) is 0 Å². The van der Waals surface area contributed by atoms with E-state index in [9.17, 15) is 4.79 Å². The van der Waals surface area contributed by atoms with Crippen molar-refractivity contribution in [2.24, 2.45) is 0 Å². The molecule has 0 saturated heterocycles. The second kappa shape index (κ2) is 7.29. The summed E-state index contributed by atoms with van der Waals surface area (Å²) in [5, 5.41) is 4.01. The molecule has 1 amide bonds. The maximum Gasteiger partial charge on any atom is 0.255 e. The van der Waals surface area contributed by atoms with Gasteiger partial charge in [-0.3, -0.25) is 9.36 Å². The lowest BCUT2D eigenvalue weighted by molar-refractivity contribution is 0.102. The maximum absolute atomic E-state index is 12.7. The first-order chi connectivity index (χ1) is 12.0. The highest BCUT2D eigenvalue weighted by atomic mass is 35.5. The van der Waals surface area contributed by atoms with E-state index in [1.807, 2.05) is 55.1 Å². The Morgan fingerprint density at radius 2 is 2.08 bits per heavy atom. The lowest BCUT2D eigenvalue weighted by Gasteiger charge is -2.12. The van der Waals surface area contributed by atoms with E-state index in [-0.39, 0.29) is 5.91 Å². The maximum atomic E-state index is 12.7. The van der Waals surface area contributed by atoms with Crippen molar-refractivity contribution in [1.29, 1.82) is 0 Å². The van der Waals surface area contributed by atoms with Crippen LogP contribution in [0.3, 0.4) is 0 Å². The van der Waals surface area contributed by atoms with Gasteiger partial charge in [0.2, 0.25) is 0 Å². The van der Waals surface area contributed by atoms with Crippen molar-refractivity contribution in [2.75, 3.05) is 11.6 Å². The number of aromatic nitrogens is 3. The molecule has 0 unspecified atom stereocenters. The van der Waals surface area contributed by atoms with Crippen molar-refractivity contribution >= 4 is 35.0 Å². The number of amides is 1. The molecule has 5 nitrogen and oxygen atoms in total. The van der Waals surface area contributed by atoms with E-state index >= 15 is 0 Å². The standard InChI is InChI=1S/C18H17ClN4OS/c1-11-9-12(2)21-16(19)15(11)22-17(24)13-5-4-6-14(10-13)23-8-7-20-18(23)25-3/h4-10H,1-3H3,(H,22,24). The van der Waals surface area contributed by atoms with Gasteiger partial charge < -0.3 is 5.32 Å². The lowest BCUT2D eigenvalue weighted by atomic mass is 10.1. The predicted octanol–water partition coefficient (Wildman–Crippen LogP) is 4.51. The van der Waals surface area contributed by atoms with E-state index in [0.29, 0.717) is 16.4 Å². The third-order valence-corrected chi connectivity index (χ3v) is 4.66. The summed E-state index contributed by atoms with van der Waals surface area (Å²) in [5.74, 6) is -0.233. The quantitative estimate of drug-likeness (QED) is 0.540. The Bertz CT molecular complexity index is 915. The van der Waals surface area contributed by atoms with Crippen LogP contribution in [0.5, 0.6) is 0 Å². The van der Waals surface area contributed by atoms with E-state index < -0.39 is 0 Å². The minimum Gasteiger partial charge on any atom is -0.319 e. The molecular formula is C18H17ClN4OS. The van der Waals surface area contributed by atoms with Gasteiger partial charge in [0.15, 0.2) is 10.3 Å². The fourth-order valence-electron chi connectivity index (χ4n) is 2.56. The number of halogens is 1. The number of nitrogens with zero attached hydrogens (tertiary/aromatic N) is 3. The van der Waals surface area contributed by atoms with Gasteiger partial charge in [-0.15, -0.1) is 0 Å². The SMILES string of the molecule is CSc1nccn1-c1cccc(C(=O)Nc2c(C)cc(C)nc2Cl)c1. The van der Waals surface area contributed by atoms with Crippen LogP contribution in [0.2, 0.25) is 5.15 Å². The first kappa shape index (κ1) is 17.5. The Morgan fingerprint density at radius 1 is 1.28 bits per heavy atom. The third kappa shape index (κ3) is 3.70. The van der Waals surface area contributed by atoms with Gasteiger partial charge in [0.25, 0.3) is 5.91 Å². The summed E-state index contributed by atoms with van der Waals surface area (Å²) in [6.07, 6.45) is 5.57. The number of hydrogen-bond acceptors (Lipinski definition) is 4. The summed E-state index contributed by atoms with van der Waals surface area (Å²) >= 11 is 7.72. The van der Waals surface area contributed by atoms with Crippen LogP contribution >= 0.6 is 23.4 Å². The fraction of sp³-hybridized carbons (Fsp3) is 0.167. The fourth-order valence-corrected chi connectivity index (χ4v) is 3.42. The summed E-state index contributed by atoms with van der Waals surface area (Å²) < 4.78 is 1.94. The molecular weight excluding hydrogens is 356 g/mol. The Labute approximate surface area is 155 Å². The monoisotopic (exact) mass is 372 g/mol. The molecule has 0 aliphatic heterocycles. The summed E-state index contributed by atoms with van der Waals surface area (Å²) in [4.78, 5) is 21.1. The summed E-state index contributed by atoms with van der Waals surface area (Å²) in [6, 6.07) is 9.25. The zero-order chi connectivity index (χ0) is 18.0. The number of thioether (sulfide) groups is 1. The molecule has 3 aromatic rings. The molecule has 0 aliphatic carbocycles. The van der Waals surface area contributed by atoms with Gasteiger partial charge in [-0.05, 0) is 49.9 Å². The Morgan fingerprint density at radius 3 is 2.80 bits per heavy atom. The van der Waals surface area contributed by atoms with Gasteiger partial charge in [0.1, 0.15) is 0 Å². The minimum atomic E-state index is -0.233. The van der Waals surface area contributed by atoms with E-state index in [0.717, 1.165) is 22.1 Å². The first-order valence-electron chi connectivity index (χ1n) is 7.62. The van der Waals surface area contributed by atoms with Crippen molar-refractivity contribution in [3.8, 4) is 5.69 Å². The molecule has 0 radical (unpaired) electrons. The Hall–Kier alpha value is -2.31. The number of rotatable bonds is 4. The summed E-state index contributed by atoms with van der Waals surface area (Å²) in [5.41, 5.74) is 3.64. The van der Waals surface area contributed by atoms with Gasteiger partial charge in [0.05, 0.1) is 5.69 Å². The topological polar surface area (TPSA) is 59.8 Å². The molecule has 3 rings (SSSR count). The highest BCUT2D eigenvalue weighted by molar-refractivity contribution is 7.98. The van der Waals surface area contributed by atoms with Crippen molar-refractivity contribution < 1.29 is 4.79 Å². The first-order valence-corrected chi connectivity index (χ1v) is 9.22. The van der Waals surface area contributed by atoms with Crippen molar-refractivity contribution in [3.05, 3.63) is 64.7 Å². The van der Waals surface area contributed by atoms with E-state index in [2.05, 4.69) is 15.3 Å².